The number of carboxylic acid groups (broad SMARTS) is 2. The highest BCUT2D eigenvalue weighted by Gasteiger charge is 2.29. The van der Waals surface area contributed by atoms with Crippen LogP contribution in [0.15, 0.2) is 0 Å². The number of carboxylic acids is 2. The molecule has 0 aliphatic carbocycles. The van der Waals surface area contributed by atoms with Crippen LogP contribution in [0.5, 0.6) is 0 Å². The van der Waals surface area contributed by atoms with Gasteiger partial charge in [-0.2, -0.15) is 0 Å². The molecule has 0 aromatic rings. The van der Waals surface area contributed by atoms with E-state index in [1.165, 1.54) is 0 Å². The fourth-order valence-corrected chi connectivity index (χ4v) is 2.10. The maximum Gasteiger partial charge on any atom is 0.326 e. The van der Waals surface area contributed by atoms with Gasteiger partial charge in [0.1, 0.15) is 12.1 Å². The lowest BCUT2D eigenvalue weighted by atomic mass is 10.0. The van der Waals surface area contributed by atoms with E-state index in [0.717, 1.165) is 0 Å². The molecule has 0 aromatic heterocycles. The van der Waals surface area contributed by atoms with Crippen molar-refractivity contribution in [2.75, 3.05) is 0 Å². The number of rotatable bonds is 12. The lowest BCUT2D eigenvalue weighted by molar-refractivity contribution is -0.147. The molecule has 0 spiro atoms. The number of aliphatic carboxylic acids is 2. The van der Waals surface area contributed by atoms with Crippen molar-refractivity contribution in [2.24, 2.45) is 17.4 Å². The summed E-state index contributed by atoms with van der Waals surface area (Å²) >= 11 is 0. The summed E-state index contributed by atoms with van der Waals surface area (Å²) in [6.07, 6.45) is -0.910. The maximum absolute atomic E-state index is 12.3. The van der Waals surface area contributed by atoms with Gasteiger partial charge >= 0.3 is 11.9 Å². The zero-order valence-electron chi connectivity index (χ0n) is 14.7. The number of hydrogen-bond donors (Lipinski definition) is 6. The largest absolute Gasteiger partial charge is 0.481 e. The van der Waals surface area contributed by atoms with Crippen molar-refractivity contribution in [2.45, 2.75) is 57.7 Å². The zero-order valence-corrected chi connectivity index (χ0v) is 14.7. The summed E-state index contributed by atoms with van der Waals surface area (Å²) in [5.74, 6) is -5.14. The number of carbonyl (C=O) groups is 5. The van der Waals surface area contributed by atoms with Crippen LogP contribution in [0.2, 0.25) is 0 Å². The molecule has 8 N–H and O–H groups in total. The minimum Gasteiger partial charge on any atom is -0.481 e. The van der Waals surface area contributed by atoms with Crippen molar-refractivity contribution in [1.29, 1.82) is 0 Å². The lowest BCUT2D eigenvalue weighted by Crippen LogP contribution is -2.55. The van der Waals surface area contributed by atoms with Gasteiger partial charge in [-0.15, -0.1) is 0 Å². The highest BCUT2D eigenvalue weighted by molar-refractivity contribution is 5.93. The summed E-state index contributed by atoms with van der Waals surface area (Å²) in [6.45, 7) is 3.71. The van der Waals surface area contributed by atoms with E-state index in [1.54, 1.807) is 0 Å². The maximum atomic E-state index is 12.3. The van der Waals surface area contributed by atoms with Gasteiger partial charge in [-0.3, -0.25) is 19.2 Å². The second kappa shape index (κ2) is 11.0. The van der Waals surface area contributed by atoms with E-state index in [-0.39, 0.29) is 18.8 Å². The van der Waals surface area contributed by atoms with Crippen LogP contribution < -0.4 is 22.1 Å². The first-order valence-corrected chi connectivity index (χ1v) is 8.03. The number of primary amides is 1. The number of hydrogen-bond acceptors (Lipinski definition) is 6. The van der Waals surface area contributed by atoms with Crippen LogP contribution in [0.3, 0.4) is 0 Å². The van der Waals surface area contributed by atoms with Gasteiger partial charge < -0.3 is 32.3 Å². The van der Waals surface area contributed by atoms with Gasteiger partial charge in [-0.05, 0) is 18.8 Å². The molecular weight excluding hydrogens is 348 g/mol. The van der Waals surface area contributed by atoms with E-state index in [1.807, 2.05) is 19.2 Å². The molecule has 3 amide bonds. The third kappa shape index (κ3) is 9.57. The van der Waals surface area contributed by atoms with Gasteiger partial charge in [0.2, 0.25) is 17.7 Å². The SMILES string of the molecule is CC(C)CC(N)C(=O)NC(CCC(N)=O)C(=O)NC(CC(=O)O)C(=O)O. The van der Waals surface area contributed by atoms with Crippen LogP contribution in [-0.2, 0) is 24.0 Å². The fraction of sp³-hybridized carbons (Fsp3) is 0.667. The number of nitrogens with one attached hydrogen (secondary N) is 2. The topological polar surface area (TPSA) is 202 Å². The third-order valence-electron chi connectivity index (χ3n) is 3.37. The second-order valence-corrected chi connectivity index (χ2v) is 6.30. The summed E-state index contributed by atoms with van der Waals surface area (Å²) in [6, 6.07) is -3.85. The molecule has 0 radical (unpaired) electrons. The normalized spacial score (nSPS) is 14.2. The van der Waals surface area contributed by atoms with E-state index in [4.69, 9.17) is 21.7 Å². The number of amides is 3. The van der Waals surface area contributed by atoms with Crippen molar-refractivity contribution < 1.29 is 34.2 Å². The highest BCUT2D eigenvalue weighted by Crippen LogP contribution is 2.05. The minimum atomic E-state index is -1.68. The van der Waals surface area contributed by atoms with Crippen molar-refractivity contribution in [1.82, 2.24) is 10.6 Å². The van der Waals surface area contributed by atoms with E-state index in [0.29, 0.717) is 6.42 Å². The second-order valence-electron chi connectivity index (χ2n) is 6.30. The van der Waals surface area contributed by atoms with Crippen molar-refractivity contribution in [3.05, 3.63) is 0 Å². The molecule has 11 nitrogen and oxygen atoms in total. The van der Waals surface area contributed by atoms with Crippen LogP contribution in [0.25, 0.3) is 0 Å². The quantitative estimate of drug-likeness (QED) is 0.228. The molecule has 0 aliphatic heterocycles. The van der Waals surface area contributed by atoms with Crippen LogP contribution in [0.4, 0.5) is 0 Å². The van der Waals surface area contributed by atoms with Crippen molar-refractivity contribution >= 4 is 29.7 Å². The molecule has 0 aromatic carbocycles. The summed E-state index contributed by atoms with van der Waals surface area (Å²) < 4.78 is 0. The number of nitrogens with two attached hydrogens (primary N) is 2. The molecule has 26 heavy (non-hydrogen) atoms. The Labute approximate surface area is 150 Å². The van der Waals surface area contributed by atoms with Gasteiger partial charge in [0.15, 0.2) is 0 Å². The molecule has 0 fully saturated rings. The lowest BCUT2D eigenvalue weighted by Gasteiger charge is -2.22. The Hall–Kier alpha value is -2.69. The summed E-state index contributed by atoms with van der Waals surface area (Å²) in [5.41, 5.74) is 10.8. The molecule has 148 valence electrons. The van der Waals surface area contributed by atoms with Crippen LogP contribution in [0, 0.1) is 5.92 Å². The summed E-state index contributed by atoms with van der Waals surface area (Å²) in [5, 5.41) is 22.1. The van der Waals surface area contributed by atoms with Crippen molar-refractivity contribution in [3.63, 3.8) is 0 Å². The predicted octanol–water partition coefficient (Wildman–Crippen LogP) is -1.85. The summed E-state index contributed by atoms with van der Waals surface area (Å²) in [4.78, 5) is 57.0. The van der Waals surface area contributed by atoms with Crippen LogP contribution >= 0.6 is 0 Å². The first kappa shape index (κ1) is 23.3. The molecule has 0 aliphatic rings. The van der Waals surface area contributed by atoms with Gasteiger partial charge in [-0.25, -0.2) is 4.79 Å². The average Bonchev–Trinajstić information content (AvgIpc) is 2.48. The Kier molecular flexibility index (Phi) is 9.89. The van der Waals surface area contributed by atoms with E-state index >= 15 is 0 Å². The first-order valence-electron chi connectivity index (χ1n) is 8.03. The summed E-state index contributed by atoms with van der Waals surface area (Å²) in [7, 11) is 0. The van der Waals surface area contributed by atoms with Gasteiger partial charge in [-0.1, -0.05) is 13.8 Å². The molecule has 11 heteroatoms. The zero-order chi connectivity index (χ0) is 20.4. The fourth-order valence-electron chi connectivity index (χ4n) is 2.10. The molecule has 0 heterocycles. The molecule has 0 rings (SSSR count). The molecule has 3 unspecified atom stereocenters. The monoisotopic (exact) mass is 374 g/mol. The van der Waals surface area contributed by atoms with Gasteiger partial charge in [0.05, 0.1) is 12.5 Å². The highest BCUT2D eigenvalue weighted by atomic mass is 16.4. The van der Waals surface area contributed by atoms with Crippen LogP contribution in [-0.4, -0.2) is 58.0 Å². The molecular formula is C15H26N4O7. The molecule has 0 bridgehead atoms. The number of carbonyl (C=O) groups excluding carboxylic acids is 3. The third-order valence-corrected chi connectivity index (χ3v) is 3.37. The Bertz CT molecular complexity index is 550. The van der Waals surface area contributed by atoms with Crippen molar-refractivity contribution in [3.8, 4) is 0 Å². The average molecular weight is 374 g/mol. The molecule has 0 saturated heterocycles. The first-order chi connectivity index (χ1) is 11.9. The minimum absolute atomic E-state index is 0.126. The van der Waals surface area contributed by atoms with E-state index in [2.05, 4.69) is 5.32 Å². The predicted molar refractivity (Wildman–Crippen MR) is 89.6 cm³/mol. The Morgan fingerprint density at radius 3 is 1.92 bits per heavy atom. The standard InChI is InChI=1S/C15H26N4O7/c1-7(2)5-8(16)13(23)18-9(3-4-11(17)20)14(24)19-10(15(25)26)6-12(21)22/h7-10H,3-6,16H2,1-2H3,(H2,17,20)(H,18,23)(H,19,24)(H,21,22)(H,25,26). The molecule has 3 atom stereocenters. The Morgan fingerprint density at radius 1 is 0.962 bits per heavy atom. The van der Waals surface area contributed by atoms with Crippen LogP contribution in [0.1, 0.15) is 39.5 Å². The van der Waals surface area contributed by atoms with Gasteiger partial charge in [0, 0.05) is 6.42 Å². The smallest absolute Gasteiger partial charge is 0.326 e. The Morgan fingerprint density at radius 2 is 1.50 bits per heavy atom. The Balaban J connectivity index is 5.11. The van der Waals surface area contributed by atoms with E-state index in [9.17, 15) is 24.0 Å². The van der Waals surface area contributed by atoms with Gasteiger partial charge in [0.25, 0.3) is 0 Å². The van der Waals surface area contributed by atoms with E-state index < -0.39 is 54.2 Å². The molecule has 0 saturated carbocycles.